The first kappa shape index (κ1) is 15.2. The highest BCUT2D eigenvalue weighted by Gasteiger charge is 2.22. The van der Waals surface area contributed by atoms with Crippen molar-refractivity contribution in [2.24, 2.45) is 5.73 Å². The molecule has 2 aromatic heterocycles. The molecular formula is C15H21N5OS. The Morgan fingerprint density at radius 1 is 1.41 bits per heavy atom. The van der Waals surface area contributed by atoms with Crippen molar-refractivity contribution in [3.05, 3.63) is 33.8 Å². The largest absolute Gasteiger partial charge is 0.346 e. The fraction of sp³-hybridized carbons (Fsp3) is 0.533. The lowest BCUT2D eigenvalue weighted by atomic mass is 9.92. The van der Waals surface area contributed by atoms with Crippen molar-refractivity contribution in [2.45, 2.75) is 51.2 Å². The molecule has 1 fully saturated rings. The quantitative estimate of drug-likeness (QED) is 0.903. The van der Waals surface area contributed by atoms with Crippen LogP contribution in [0.5, 0.6) is 0 Å². The van der Waals surface area contributed by atoms with E-state index in [1.54, 1.807) is 17.5 Å². The average molecular weight is 319 g/mol. The summed E-state index contributed by atoms with van der Waals surface area (Å²) >= 11 is 1.69. The standard InChI is InChI=1S/C15H21N5OS/c1-10-2-7-13(22-10)8-17-15(21)14-9-20(19-18-14)12-5-3-11(16)4-6-12/h2,7,9,11-12H,3-6,8,16H2,1H3,(H,17,21). The van der Waals surface area contributed by atoms with E-state index in [9.17, 15) is 4.79 Å². The van der Waals surface area contributed by atoms with Crippen LogP contribution in [-0.4, -0.2) is 26.9 Å². The first-order valence-corrected chi connectivity index (χ1v) is 8.44. The summed E-state index contributed by atoms with van der Waals surface area (Å²) in [4.78, 5) is 14.5. The molecule has 0 aliphatic heterocycles. The van der Waals surface area contributed by atoms with Gasteiger partial charge >= 0.3 is 0 Å². The topological polar surface area (TPSA) is 85.8 Å². The van der Waals surface area contributed by atoms with E-state index in [1.807, 2.05) is 10.7 Å². The Bertz CT molecular complexity index is 642. The summed E-state index contributed by atoms with van der Waals surface area (Å²) in [6, 6.07) is 4.70. The molecule has 22 heavy (non-hydrogen) atoms. The monoisotopic (exact) mass is 319 g/mol. The van der Waals surface area contributed by atoms with E-state index in [-0.39, 0.29) is 5.91 Å². The smallest absolute Gasteiger partial charge is 0.273 e. The Balaban J connectivity index is 1.57. The van der Waals surface area contributed by atoms with Gasteiger partial charge in [-0.15, -0.1) is 16.4 Å². The first-order valence-electron chi connectivity index (χ1n) is 7.63. The number of nitrogens with zero attached hydrogens (tertiary/aromatic N) is 3. The van der Waals surface area contributed by atoms with Crippen LogP contribution in [-0.2, 0) is 6.54 Å². The molecule has 6 nitrogen and oxygen atoms in total. The Hall–Kier alpha value is -1.73. The lowest BCUT2D eigenvalue weighted by Crippen LogP contribution is -2.28. The Morgan fingerprint density at radius 2 is 2.18 bits per heavy atom. The highest BCUT2D eigenvalue weighted by molar-refractivity contribution is 7.11. The van der Waals surface area contributed by atoms with E-state index in [4.69, 9.17) is 5.73 Å². The second-order valence-electron chi connectivity index (χ2n) is 5.85. The van der Waals surface area contributed by atoms with Crippen LogP contribution in [0.3, 0.4) is 0 Å². The summed E-state index contributed by atoms with van der Waals surface area (Å²) < 4.78 is 1.82. The maximum atomic E-state index is 12.1. The summed E-state index contributed by atoms with van der Waals surface area (Å²) in [7, 11) is 0. The second-order valence-corrected chi connectivity index (χ2v) is 7.22. The lowest BCUT2D eigenvalue weighted by molar-refractivity contribution is 0.0946. The molecule has 0 saturated heterocycles. The minimum atomic E-state index is -0.176. The van der Waals surface area contributed by atoms with Gasteiger partial charge in [-0.1, -0.05) is 5.21 Å². The van der Waals surface area contributed by atoms with Crippen molar-refractivity contribution >= 4 is 17.2 Å². The zero-order valence-electron chi connectivity index (χ0n) is 12.7. The van der Waals surface area contributed by atoms with Gasteiger partial charge in [-0.2, -0.15) is 0 Å². The van der Waals surface area contributed by atoms with E-state index < -0.39 is 0 Å². The van der Waals surface area contributed by atoms with Gasteiger partial charge in [-0.05, 0) is 44.7 Å². The van der Waals surface area contributed by atoms with Crippen LogP contribution in [0.4, 0.5) is 0 Å². The molecular weight excluding hydrogens is 298 g/mol. The van der Waals surface area contributed by atoms with Gasteiger partial charge in [0.05, 0.1) is 18.8 Å². The minimum absolute atomic E-state index is 0.176. The van der Waals surface area contributed by atoms with E-state index in [0.717, 1.165) is 30.6 Å². The van der Waals surface area contributed by atoms with Gasteiger partial charge in [0.15, 0.2) is 5.69 Å². The number of hydrogen-bond donors (Lipinski definition) is 2. The fourth-order valence-electron chi connectivity index (χ4n) is 2.76. The van der Waals surface area contributed by atoms with Gasteiger partial charge in [0.1, 0.15) is 0 Å². The van der Waals surface area contributed by atoms with Crippen LogP contribution in [0.25, 0.3) is 0 Å². The van der Waals surface area contributed by atoms with Gasteiger partial charge in [-0.3, -0.25) is 4.79 Å². The van der Waals surface area contributed by atoms with E-state index in [1.165, 1.54) is 4.88 Å². The SMILES string of the molecule is Cc1ccc(CNC(=O)c2cn(C3CCC(N)CC3)nn2)s1. The van der Waals surface area contributed by atoms with E-state index in [2.05, 4.69) is 28.6 Å². The van der Waals surface area contributed by atoms with Gasteiger partial charge in [0, 0.05) is 15.8 Å². The summed E-state index contributed by atoms with van der Waals surface area (Å²) in [5.74, 6) is -0.176. The van der Waals surface area contributed by atoms with Gasteiger partial charge < -0.3 is 11.1 Å². The molecule has 0 radical (unpaired) electrons. The van der Waals surface area contributed by atoms with Gasteiger partial charge in [-0.25, -0.2) is 4.68 Å². The number of nitrogens with two attached hydrogens (primary N) is 1. The van der Waals surface area contributed by atoms with E-state index in [0.29, 0.717) is 24.3 Å². The fourth-order valence-corrected chi connectivity index (χ4v) is 3.59. The zero-order chi connectivity index (χ0) is 15.5. The number of carbonyl (C=O) groups excluding carboxylic acids is 1. The van der Waals surface area contributed by atoms with Crippen molar-refractivity contribution in [1.29, 1.82) is 0 Å². The molecule has 0 aromatic carbocycles. The Kier molecular flexibility index (Phi) is 4.54. The number of nitrogens with one attached hydrogen (secondary N) is 1. The summed E-state index contributed by atoms with van der Waals surface area (Å²) in [5.41, 5.74) is 6.29. The van der Waals surface area contributed by atoms with Crippen molar-refractivity contribution in [1.82, 2.24) is 20.3 Å². The summed E-state index contributed by atoms with van der Waals surface area (Å²) in [5, 5.41) is 11.0. The number of hydrogen-bond acceptors (Lipinski definition) is 5. The molecule has 1 amide bonds. The molecule has 3 N–H and O–H groups in total. The molecule has 2 aromatic rings. The second kappa shape index (κ2) is 6.58. The number of thiophene rings is 1. The number of aromatic nitrogens is 3. The molecule has 118 valence electrons. The predicted molar refractivity (Wildman–Crippen MR) is 85.7 cm³/mol. The third-order valence-electron chi connectivity index (χ3n) is 4.08. The maximum Gasteiger partial charge on any atom is 0.273 e. The van der Waals surface area contributed by atoms with Crippen LogP contribution in [0.2, 0.25) is 0 Å². The summed E-state index contributed by atoms with van der Waals surface area (Å²) in [6.45, 7) is 2.58. The highest BCUT2D eigenvalue weighted by atomic mass is 32.1. The van der Waals surface area contributed by atoms with Crippen molar-refractivity contribution in [2.75, 3.05) is 0 Å². The maximum absolute atomic E-state index is 12.1. The Labute approximate surface area is 133 Å². The van der Waals surface area contributed by atoms with Gasteiger partial charge in [0.25, 0.3) is 5.91 Å². The van der Waals surface area contributed by atoms with Crippen LogP contribution >= 0.6 is 11.3 Å². The molecule has 3 rings (SSSR count). The lowest BCUT2D eigenvalue weighted by Gasteiger charge is -2.25. The minimum Gasteiger partial charge on any atom is -0.346 e. The average Bonchev–Trinajstić information content (AvgIpc) is 3.15. The molecule has 0 unspecified atom stereocenters. The Morgan fingerprint density at radius 3 is 2.86 bits per heavy atom. The third-order valence-corrected chi connectivity index (χ3v) is 5.08. The molecule has 0 bridgehead atoms. The normalized spacial score (nSPS) is 21.7. The molecule has 0 atom stereocenters. The molecule has 7 heteroatoms. The predicted octanol–water partition coefficient (Wildman–Crippen LogP) is 2.02. The molecule has 1 aliphatic rings. The number of aryl methyl sites for hydroxylation is 1. The molecule has 0 spiro atoms. The van der Waals surface area contributed by atoms with Crippen molar-refractivity contribution in [3.63, 3.8) is 0 Å². The third kappa shape index (κ3) is 3.53. The van der Waals surface area contributed by atoms with Crippen LogP contribution in [0.1, 0.15) is 52.0 Å². The van der Waals surface area contributed by atoms with Gasteiger partial charge in [0.2, 0.25) is 0 Å². The number of amides is 1. The zero-order valence-corrected chi connectivity index (χ0v) is 13.5. The number of rotatable bonds is 4. The highest BCUT2D eigenvalue weighted by Crippen LogP contribution is 2.26. The van der Waals surface area contributed by atoms with Crippen LogP contribution in [0, 0.1) is 6.92 Å². The van der Waals surface area contributed by atoms with Crippen molar-refractivity contribution in [3.8, 4) is 0 Å². The molecule has 2 heterocycles. The summed E-state index contributed by atoms with van der Waals surface area (Å²) in [6.07, 6.45) is 5.75. The molecule has 1 aliphatic carbocycles. The van der Waals surface area contributed by atoms with Crippen LogP contribution in [0.15, 0.2) is 18.3 Å². The van der Waals surface area contributed by atoms with Crippen LogP contribution < -0.4 is 11.1 Å². The first-order chi connectivity index (χ1) is 10.6. The van der Waals surface area contributed by atoms with E-state index >= 15 is 0 Å². The van der Waals surface area contributed by atoms with Crippen molar-refractivity contribution < 1.29 is 4.79 Å². The number of carbonyl (C=O) groups is 1. The molecule has 1 saturated carbocycles.